The summed E-state index contributed by atoms with van der Waals surface area (Å²) < 4.78 is 5.28. The van der Waals surface area contributed by atoms with Crippen molar-refractivity contribution in [2.45, 2.75) is 25.8 Å². The van der Waals surface area contributed by atoms with Crippen LogP contribution in [0.4, 0.5) is 0 Å². The Hall–Kier alpha value is -1.02. The van der Waals surface area contributed by atoms with Crippen LogP contribution in [0, 0.1) is 5.92 Å². The number of benzene rings is 1. The Labute approximate surface area is 91.6 Å². The number of hydrogen-bond donors (Lipinski definition) is 1. The van der Waals surface area contributed by atoms with E-state index in [4.69, 9.17) is 4.74 Å². The van der Waals surface area contributed by atoms with Crippen LogP contribution in [-0.4, -0.2) is 14.2 Å². The third kappa shape index (κ3) is 1.86. The van der Waals surface area contributed by atoms with E-state index in [1.54, 1.807) is 7.11 Å². The molecular formula is C13H19NO. The number of hydrogen-bond acceptors (Lipinski definition) is 2. The number of rotatable bonds is 2. The molecule has 0 spiro atoms. The number of fused-ring (bicyclic) bond motifs is 1. The molecule has 2 nitrogen and oxygen atoms in total. The summed E-state index contributed by atoms with van der Waals surface area (Å²) in [5.41, 5.74) is 2.88. The molecule has 0 heterocycles. The van der Waals surface area contributed by atoms with Gasteiger partial charge in [-0.2, -0.15) is 0 Å². The minimum Gasteiger partial charge on any atom is -0.497 e. The normalized spacial score (nSPS) is 24.7. The van der Waals surface area contributed by atoms with Gasteiger partial charge >= 0.3 is 0 Å². The summed E-state index contributed by atoms with van der Waals surface area (Å²) in [7, 11) is 3.76. The van der Waals surface area contributed by atoms with Crippen LogP contribution in [0.15, 0.2) is 18.2 Å². The lowest BCUT2D eigenvalue weighted by Gasteiger charge is -2.31. The van der Waals surface area contributed by atoms with E-state index in [1.807, 2.05) is 7.05 Å². The van der Waals surface area contributed by atoms with Crippen LogP contribution in [0.25, 0.3) is 0 Å². The van der Waals surface area contributed by atoms with Gasteiger partial charge in [0.1, 0.15) is 5.75 Å². The first-order valence-electron chi connectivity index (χ1n) is 5.60. The Balaban J connectivity index is 2.41. The Kier molecular flexibility index (Phi) is 2.96. The summed E-state index contributed by atoms with van der Waals surface area (Å²) >= 11 is 0. The van der Waals surface area contributed by atoms with Crippen molar-refractivity contribution in [3.63, 3.8) is 0 Å². The quantitative estimate of drug-likeness (QED) is 0.801. The molecule has 2 heteroatoms. The molecule has 15 heavy (non-hydrogen) atoms. The van der Waals surface area contributed by atoms with Crippen LogP contribution in [0.3, 0.4) is 0 Å². The van der Waals surface area contributed by atoms with Gasteiger partial charge < -0.3 is 10.1 Å². The molecule has 0 amide bonds. The van der Waals surface area contributed by atoms with Crippen LogP contribution < -0.4 is 10.1 Å². The highest BCUT2D eigenvalue weighted by molar-refractivity contribution is 5.39. The first-order chi connectivity index (χ1) is 7.26. The number of aryl methyl sites for hydroxylation is 1. The third-order valence-electron chi connectivity index (χ3n) is 3.44. The zero-order chi connectivity index (χ0) is 10.8. The SMILES string of the molecule is CNC1c2cc(OC)ccc2CCC1C. The highest BCUT2D eigenvalue weighted by atomic mass is 16.5. The first kappa shape index (κ1) is 10.5. The van der Waals surface area contributed by atoms with Gasteiger partial charge in [-0.1, -0.05) is 13.0 Å². The molecular weight excluding hydrogens is 186 g/mol. The van der Waals surface area contributed by atoms with Crippen molar-refractivity contribution in [3.8, 4) is 5.75 Å². The lowest BCUT2D eigenvalue weighted by atomic mass is 9.81. The summed E-state index contributed by atoms with van der Waals surface area (Å²) in [5.74, 6) is 1.66. The molecule has 1 aromatic carbocycles. The van der Waals surface area contributed by atoms with Crippen LogP contribution >= 0.6 is 0 Å². The summed E-state index contributed by atoms with van der Waals surface area (Å²) in [6, 6.07) is 6.90. The molecule has 0 saturated heterocycles. The molecule has 1 aromatic rings. The molecule has 1 N–H and O–H groups in total. The molecule has 0 radical (unpaired) electrons. The van der Waals surface area contributed by atoms with Crippen molar-refractivity contribution < 1.29 is 4.74 Å². The van der Waals surface area contributed by atoms with Gasteiger partial charge in [-0.3, -0.25) is 0 Å². The minimum atomic E-state index is 0.476. The minimum absolute atomic E-state index is 0.476. The molecule has 0 bridgehead atoms. The summed E-state index contributed by atoms with van der Waals surface area (Å²) in [6.45, 7) is 2.31. The Morgan fingerprint density at radius 2 is 2.20 bits per heavy atom. The van der Waals surface area contributed by atoms with E-state index in [0.717, 1.165) is 5.75 Å². The van der Waals surface area contributed by atoms with Gasteiger partial charge in [-0.05, 0) is 49.1 Å². The summed E-state index contributed by atoms with van der Waals surface area (Å²) in [4.78, 5) is 0. The monoisotopic (exact) mass is 205 g/mol. The molecule has 0 aliphatic heterocycles. The number of ether oxygens (including phenoxy) is 1. The van der Waals surface area contributed by atoms with Gasteiger partial charge in [0.2, 0.25) is 0 Å². The van der Waals surface area contributed by atoms with E-state index < -0.39 is 0 Å². The molecule has 2 rings (SSSR count). The van der Waals surface area contributed by atoms with Crippen LogP contribution in [0.5, 0.6) is 5.75 Å². The van der Waals surface area contributed by atoms with Crippen molar-refractivity contribution in [2.24, 2.45) is 5.92 Å². The Bertz CT molecular complexity index is 348. The summed E-state index contributed by atoms with van der Waals surface area (Å²) in [5, 5.41) is 3.41. The molecule has 0 fully saturated rings. The van der Waals surface area contributed by atoms with Crippen LogP contribution in [0.1, 0.15) is 30.5 Å². The van der Waals surface area contributed by atoms with E-state index in [2.05, 4.69) is 30.4 Å². The van der Waals surface area contributed by atoms with Gasteiger partial charge in [-0.15, -0.1) is 0 Å². The van der Waals surface area contributed by atoms with E-state index >= 15 is 0 Å². The molecule has 0 saturated carbocycles. The van der Waals surface area contributed by atoms with E-state index in [0.29, 0.717) is 12.0 Å². The van der Waals surface area contributed by atoms with Gasteiger partial charge in [0.05, 0.1) is 7.11 Å². The Morgan fingerprint density at radius 1 is 1.40 bits per heavy atom. The number of methoxy groups -OCH3 is 1. The second-order valence-electron chi connectivity index (χ2n) is 4.35. The van der Waals surface area contributed by atoms with E-state index in [-0.39, 0.29) is 0 Å². The molecule has 82 valence electrons. The molecule has 1 aliphatic carbocycles. The fourth-order valence-electron chi connectivity index (χ4n) is 2.51. The lowest BCUT2D eigenvalue weighted by molar-refractivity contribution is 0.360. The average molecular weight is 205 g/mol. The van der Waals surface area contributed by atoms with Gasteiger partial charge in [0, 0.05) is 6.04 Å². The topological polar surface area (TPSA) is 21.3 Å². The standard InChI is InChI=1S/C13H19NO/c1-9-4-5-10-6-7-11(15-3)8-12(10)13(9)14-2/h6-9,13-14H,4-5H2,1-3H3. The fourth-order valence-corrected chi connectivity index (χ4v) is 2.51. The number of nitrogens with one attached hydrogen (secondary N) is 1. The van der Waals surface area contributed by atoms with Crippen molar-refractivity contribution in [2.75, 3.05) is 14.2 Å². The maximum absolute atomic E-state index is 5.28. The van der Waals surface area contributed by atoms with Gasteiger partial charge in [0.15, 0.2) is 0 Å². The largest absolute Gasteiger partial charge is 0.497 e. The maximum Gasteiger partial charge on any atom is 0.119 e. The van der Waals surface area contributed by atoms with E-state index in [9.17, 15) is 0 Å². The maximum atomic E-state index is 5.28. The molecule has 1 aliphatic rings. The highest BCUT2D eigenvalue weighted by Gasteiger charge is 2.25. The second-order valence-corrected chi connectivity index (χ2v) is 4.35. The third-order valence-corrected chi connectivity index (χ3v) is 3.44. The Morgan fingerprint density at radius 3 is 2.87 bits per heavy atom. The van der Waals surface area contributed by atoms with Crippen molar-refractivity contribution in [1.82, 2.24) is 5.32 Å². The van der Waals surface area contributed by atoms with E-state index in [1.165, 1.54) is 24.0 Å². The molecule has 2 atom stereocenters. The van der Waals surface area contributed by atoms with Crippen molar-refractivity contribution in [1.29, 1.82) is 0 Å². The van der Waals surface area contributed by atoms with Gasteiger partial charge in [0.25, 0.3) is 0 Å². The first-order valence-corrected chi connectivity index (χ1v) is 5.60. The van der Waals surface area contributed by atoms with Crippen molar-refractivity contribution in [3.05, 3.63) is 29.3 Å². The zero-order valence-corrected chi connectivity index (χ0v) is 9.71. The predicted octanol–water partition coefficient (Wildman–Crippen LogP) is 2.54. The second kappa shape index (κ2) is 4.23. The lowest BCUT2D eigenvalue weighted by Crippen LogP contribution is -2.28. The highest BCUT2D eigenvalue weighted by Crippen LogP contribution is 2.35. The van der Waals surface area contributed by atoms with Crippen molar-refractivity contribution >= 4 is 0 Å². The smallest absolute Gasteiger partial charge is 0.119 e. The van der Waals surface area contributed by atoms with Gasteiger partial charge in [-0.25, -0.2) is 0 Å². The zero-order valence-electron chi connectivity index (χ0n) is 9.71. The summed E-state index contributed by atoms with van der Waals surface area (Å²) in [6.07, 6.45) is 2.46. The van der Waals surface area contributed by atoms with Crippen LogP contribution in [0.2, 0.25) is 0 Å². The molecule has 0 aromatic heterocycles. The predicted molar refractivity (Wildman–Crippen MR) is 62.3 cm³/mol. The van der Waals surface area contributed by atoms with Crippen LogP contribution in [-0.2, 0) is 6.42 Å². The molecule has 2 unspecified atom stereocenters. The fraction of sp³-hybridized carbons (Fsp3) is 0.538. The average Bonchev–Trinajstić information content (AvgIpc) is 2.28.